The number of benzene rings is 1. The Bertz CT molecular complexity index is 689. The van der Waals surface area contributed by atoms with E-state index in [1.54, 1.807) is 24.1 Å². The van der Waals surface area contributed by atoms with Crippen molar-refractivity contribution >= 4 is 31.3 Å². The molecule has 22 heavy (non-hydrogen) atoms. The van der Waals surface area contributed by atoms with Crippen LogP contribution in [0.2, 0.25) is 0 Å². The van der Waals surface area contributed by atoms with Crippen molar-refractivity contribution in [2.45, 2.75) is 13.3 Å². The molecule has 2 rings (SSSR count). The van der Waals surface area contributed by atoms with E-state index in [4.69, 9.17) is 20.2 Å². The fourth-order valence-corrected chi connectivity index (χ4v) is 3.99. The molecule has 0 aliphatic carbocycles. The first kappa shape index (κ1) is 16.9. The maximum absolute atomic E-state index is 12.2. The lowest BCUT2D eigenvalue weighted by Gasteiger charge is -2.21. The molecule has 8 heteroatoms. The lowest BCUT2D eigenvalue weighted by Crippen LogP contribution is -2.26. The van der Waals surface area contributed by atoms with E-state index < -0.39 is 9.05 Å². The molecule has 1 unspecified atom stereocenters. The Labute approximate surface area is 134 Å². The van der Waals surface area contributed by atoms with Crippen LogP contribution < -0.4 is 14.4 Å². The topological polar surface area (TPSA) is 72.9 Å². The zero-order valence-corrected chi connectivity index (χ0v) is 14.2. The van der Waals surface area contributed by atoms with Crippen molar-refractivity contribution in [3.63, 3.8) is 0 Å². The van der Waals surface area contributed by atoms with E-state index in [1.165, 1.54) is 7.11 Å². The number of rotatable bonds is 5. The maximum atomic E-state index is 12.2. The Morgan fingerprint density at radius 3 is 2.41 bits per heavy atom. The van der Waals surface area contributed by atoms with Crippen LogP contribution in [0, 0.1) is 12.8 Å². The molecule has 0 N–H and O–H groups in total. The minimum absolute atomic E-state index is 0.124. The molecule has 1 aliphatic heterocycles. The Hall–Kier alpha value is -1.47. The lowest BCUT2D eigenvalue weighted by molar-refractivity contribution is -0.117. The van der Waals surface area contributed by atoms with Crippen molar-refractivity contribution < 1.29 is 22.7 Å². The van der Waals surface area contributed by atoms with Gasteiger partial charge >= 0.3 is 0 Å². The first-order valence-corrected chi connectivity index (χ1v) is 9.18. The first-order chi connectivity index (χ1) is 10.2. The van der Waals surface area contributed by atoms with E-state index in [1.807, 2.05) is 6.92 Å². The van der Waals surface area contributed by atoms with Gasteiger partial charge in [-0.15, -0.1) is 0 Å². The van der Waals surface area contributed by atoms with Crippen LogP contribution >= 0.6 is 10.7 Å². The van der Waals surface area contributed by atoms with Crippen molar-refractivity contribution in [3.8, 4) is 11.5 Å². The molecular formula is C14H18ClNO5S. The minimum Gasteiger partial charge on any atom is -0.493 e. The summed E-state index contributed by atoms with van der Waals surface area (Å²) in [5, 5.41) is 0. The van der Waals surface area contributed by atoms with Crippen molar-refractivity contribution in [1.82, 2.24) is 0 Å². The van der Waals surface area contributed by atoms with Crippen LogP contribution in [0.3, 0.4) is 0 Å². The number of carbonyl (C=O) groups is 1. The standard InChI is InChI=1S/C14H18ClNO5S/c1-9-4-12(20-2)13(21-3)6-11(9)16-7-10(5-14(16)17)8-22(15,18)19/h4,6,10H,5,7-8H2,1-3H3. The maximum Gasteiger partial charge on any atom is 0.232 e. The molecule has 1 aliphatic rings. The van der Waals surface area contributed by atoms with Gasteiger partial charge in [0.05, 0.1) is 25.7 Å². The second-order valence-electron chi connectivity index (χ2n) is 5.27. The van der Waals surface area contributed by atoms with Crippen LogP contribution in [0.5, 0.6) is 11.5 Å². The second kappa shape index (κ2) is 6.34. The molecule has 0 aromatic heterocycles. The summed E-state index contributed by atoms with van der Waals surface area (Å²) >= 11 is 0. The van der Waals surface area contributed by atoms with E-state index in [0.717, 1.165) is 5.56 Å². The molecule has 122 valence electrons. The van der Waals surface area contributed by atoms with Crippen molar-refractivity contribution in [2.24, 2.45) is 5.92 Å². The van der Waals surface area contributed by atoms with Gasteiger partial charge < -0.3 is 14.4 Å². The van der Waals surface area contributed by atoms with E-state index in [0.29, 0.717) is 23.7 Å². The van der Waals surface area contributed by atoms with Gasteiger partial charge in [0.15, 0.2) is 11.5 Å². The summed E-state index contributed by atoms with van der Waals surface area (Å²) in [4.78, 5) is 13.8. The normalized spacial score (nSPS) is 18.6. The van der Waals surface area contributed by atoms with Gasteiger partial charge in [0.25, 0.3) is 0 Å². The molecule has 1 saturated heterocycles. The van der Waals surface area contributed by atoms with Crippen molar-refractivity contribution in [2.75, 3.05) is 31.4 Å². The molecule has 1 aromatic carbocycles. The van der Waals surface area contributed by atoms with E-state index >= 15 is 0 Å². The van der Waals surface area contributed by atoms with Gasteiger partial charge in [-0.1, -0.05) is 0 Å². The molecule has 1 atom stereocenters. The smallest absolute Gasteiger partial charge is 0.232 e. The second-order valence-corrected chi connectivity index (χ2v) is 8.10. The lowest BCUT2D eigenvalue weighted by atomic mass is 10.1. The average Bonchev–Trinajstić information content (AvgIpc) is 2.76. The van der Waals surface area contributed by atoms with Crippen LogP contribution in [-0.4, -0.2) is 40.8 Å². The Kier molecular flexibility index (Phi) is 4.87. The molecule has 1 heterocycles. The molecule has 0 bridgehead atoms. The van der Waals surface area contributed by atoms with Gasteiger partial charge in [0, 0.05) is 35.6 Å². The molecule has 1 amide bonds. The van der Waals surface area contributed by atoms with Gasteiger partial charge in [0.2, 0.25) is 15.0 Å². The number of ether oxygens (including phenoxy) is 2. The zero-order chi connectivity index (χ0) is 16.5. The molecule has 6 nitrogen and oxygen atoms in total. The summed E-state index contributed by atoms with van der Waals surface area (Å²) in [5.74, 6) is 0.464. The van der Waals surface area contributed by atoms with Gasteiger partial charge in [-0.2, -0.15) is 0 Å². The molecule has 1 fully saturated rings. The summed E-state index contributed by atoms with van der Waals surface area (Å²) in [6, 6.07) is 3.51. The van der Waals surface area contributed by atoms with E-state index in [9.17, 15) is 13.2 Å². The molecule has 0 saturated carbocycles. The number of methoxy groups -OCH3 is 2. The molecule has 0 radical (unpaired) electrons. The average molecular weight is 348 g/mol. The highest BCUT2D eigenvalue weighted by Gasteiger charge is 2.34. The number of halogens is 1. The Morgan fingerprint density at radius 1 is 1.27 bits per heavy atom. The van der Waals surface area contributed by atoms with Crippen LogP contribution in [0.4, 0.5) is 5.69 Å². The highest BCUT2D eigenvalue weighted by molar-refractivity contribution is 8.13. The largest absolute Gasteiger partial charge is 0.493 e. The number of amides is 1. The first-order valence-electron chi connectivity index (χ1n) is 6.70. The number of hydrogen-bond acceptors (Lipinski definition) is 5. The highest BCUT2D eigenvalue weighted by atomic mass is 35.7. The van der Waals surface area contributed by atoms with Crippen molar-refractivity contribution in [3.05, 3.63) is 17.7 Å². The number of aryl methyl sites for hydroxylation is 1. The quantitative estimate of drug-likeness (QED) is 0.761. The number of carbonyl (C=O) groups excluding carboxylic acids is 1. The van der Waals surface area contributed by atoms with Gasteiger partial charge in [-0.3, -0.25) is 4.79 Å². The minimum atomic E-state index is -3.62. The predicted molar refractivity (Wildman–Crippen MR) is 84.4 cm³/mol. The fourth-order valence-electron chi connectivity index (χ4n) is 2.67. The SMILES string of the molecule is COc1cc(C)c(N2CC(CS(=O)(=O)Cl)CC2=O)cc1OC. The van der Waals surface area contributed by atoms with Crippen LogP contribution in [0.15, 0.2) is 12.1 Å². The number of nitrogens with zero attached hydrogens (tertiary/aromatic N) is 1. The zero-order valence-electron chi connectivity index (χ0n) is 12.6. The van der Waals surface area contributed by atoms with Crippen LogP contribution in [-0.2, 0) is 13.8 Å². The Morgan fingerprint density at radius 2 is 1.86 bits per heavy atom. The summed E-state index contributed by atoms with van der Waals surface area (Å²) in [6.45, 7) is 2.18. The van der Waals surface area contributed by atoms with Gasteiger partial charge in [-0.25, -0.2) is 8.42 Å². The van der Waals surface area contributed by atoms with Gasteiger partial charge in [0.1, 0.15) is 0 Å². The number of hydrogen-bond donors (Lipinski definition) is 0. The molecule has 1 aromatic rings. The third kappa shape index (κ3) is 3.64. The monoisotopic (exact) mass is 347 g/mol. The summed E-state index contributed by atoms with van der Waals surface area (Å²) in [7, 11) is 4.72. The predicted octanol–water partition coefficient (Wildman–Crippen LogP) is 1.93. The fraction of sp³-hybridized carbons (Fsp3) is 0.500. The van der Waals surface area contributed by atoms with E-state index in [2.05, 4.69) is 0 Å². The van der Waals surface area contributed by atoms with Crippen LogP contribution in [0.1, 0.15) is 12.0 Å². The summed E-state index contributed by atoms with van der Waals surface area (Å²) in [5.41, 5.74) is 1.54. The third-order valence-corrected chi connectivity index (χ3v) is 4.88. The molecular weight excluding hydrogens is 330 g/mol. The van der Waals surface area contributed by atoms with E-state index in [-0.39, 0.29) is 24.0 Å². The highest BCUT2D eigenvalue weighted by Crippen LogP contribution is 2.37. The number of anilines is 1. The van der Waals surface area contributed by atoms with Gasteiger partial charge in [-0.05, 0) is 18.6 Å². The van der Waals surface area contributed by atoms with Crippen LogP contribution in [0.25, 0.3) is 0 Å². The summed E-state index contributed by atoms with van der Waals surface area (Å²) in [6.07, 6.45) is 0.166. The molecule has 0 spiro atoms. The Balaban J connectivity index is 2.30. The van der Waals surface area contributed by atoms with Crippen molar-refractivity contribution in [1.29, 1.82) is 0 Å². The summed E-state index contributed by atoms with van der Waals surface area (Å²) < 4.78 is 32.9. The third-order valence-electron chi connectivity index (χ3n) is 3.63.